The van der Waals surface area contributed by atoms with Gasteiger partial charge in [-0.2, -0.15) is 5.10 Å². The van der Waals surface area contributed by atoms with E-state index in [1.54, 1.807) is 0 Å². The molecule has 1 saturated carbocycles. The number of hydrogen-bond donors (Lipinski definition) is 1. The summed E-state index contributed by atoms with van der Waals surface area (Å²) in [6.45, 7) is 3.94. The molecule has 0 aromatic carbocycles. The molecule has 0 saturated heterocycles. The van der Waals surface area contributed by atoms with Crippen LogP contribution >= 0.6 is 0 Å². The van der Waals surface area contributed by atoms with Gasteiger partial charge in [-0.1, -0.05) is 12.8 Å². The highest BCUT2D eigenvalue weighted by atomic mass is 15.3. The maximum atomic E-state index is 6.05. The van der Waals surface area contributed by atoms with E-state index in [1.165, 1.54) is 25.7 Å². The van der Waals surface area contributed by atoms with Crippen LogP contribution in [0.5, 0.6) is 0 Å². The first-order valence-electron chi connectivity index (χ1n) is 5.69. The summed E-state index contributed by atoms with van der Waals surface area (Å²) in [5, 5.41) is 4.48. The molecule has 15 heavy (non-hydrogen) atoms. The van der Waals surface area contributed by atoms with Crippen LogP contribution < -0.4 is 5.73 Å². The van der Waals surface area contributed by atoms with Crippen molar-refractivity contribution in [2.45, 2.75) is 51.0 Å². The zero-order chi connectivity index (χ0) is 11.1. The third-order valence-corrected chi connectivity index (χ3v) is 3.08. The summed E-state index contributed by atoms with van der Waals surface area (Å²) in [4.78, 5) is 4.59. The van der Waals surface area contributed by atoms with Gasteiger partial charge in [-0.3, -0.25) is 4.68 Å². The van der Waals surface area contributed by atoms with E-state index in [1.807, 2.05) is 25.6 Å². The Labute approximate surface area is 90.9 Å². The molecule has 0 atom stereocenters. The summed E-state index contributed by atoms with van der Waals surface area (Å²) >= 11 is 0. The van der Waals surface area contributed by atoms with Crippen molar-refractivity contribution in [1.82, 2.24) is 14.8 Å². The Hall–Kier alpha value is -0.900. The van der Waals surface area contributed by atoms with Gasteiger partial charge in [0.25, 0.3) is 0 Å². The summed E-state index contributed by atoms with van der Waals surface area (Å²) in [5.74, 6) is 2.43. The van der Waals surface area contributed by atoms with Crippen LogP contribution in [0.1, 0.15) is 57.1 Å². The van der Waals surface area contributed by atoms with Crippen molar-refractivity contribution in [3.05, 3.63) is 11.6 Å². The molecule has 4 nitrogen and oxygen atoms in total. The average Bonchev–Trinajstić information content (AvgIpc) is 2.68. The summed E-state index contributed by atoms with van der Waals surface area (Å²) in [5.41, 5.74) is 5.64. The predicted octanol–water partition coefficient (Wildman–Crippen LogP) is 1.67. The van der Waals surface area contributed by atoms with Crippen LogP contribution in [0.2, 0.25) is 0 Å². The molecule has 1 aliphatic rings. The number of rotatable bonds is 2. The molecule has 1 heterocycles. The summed E-state index contributed by atoms with van der Waals surface area (Å²) in [6.07, 6.45) is 5.08. The standard InChI is InChI=1S/C11H20N4/c1-11(2,12)10-13-9(14-15(10)3)8-6-4-5-7-8/h8H,4-7,12H2,1-3H3. The van der Waals surface area contributed by atoms with Crippen molar-refractivity contribution in [2.24, 2.45) is 12.8 Å². The van der Waals surface area contributed by atoms with E-state index in [2.05, 4.69) is 10.1 Å². The molecule has 0 bridgehead atoms. The maximum Gasteiger partial charge on any atom is 0.154 e. The second-order valence-corrected chi connectivity index (χ2v) is 5.12. The Bertz CT molecular complexity index is 342. The number of hydrogen-bond acceptors (Lipinski definition) is 3. The molecular weight excluding hydrogens is 188 g/mol. The summed E-state index contributed by atoms with van der Waals surface area (Å²) in [6, 6.07) is 0. The second-order valence-electron chi connectivity index (χ2n) is 5.12. The Morgan fingerprint density at radius 2 is 1.93 bits per heavy atom. The molecule has 0 radical (unpaired) electrons. The van der Waals surface area contributed by atoms with E-state index in [-0.39, 0.29) is 0 Å². The van der Waals surface area contributed by atoms with E-state index in [9.17, 15) is 0 Å². The van der Waals surface area contributed by atoms with Crippen LogP contribution in [0.25, 0.3) is 0 Å². The smallest absolute Gasteiger partial charge is 0.154 e. The first-order chi connectivity index (χ1) is 6.98. The van der Waals surface area contributed by atoms with Gasteiger partial charge in [0.2, 0.25) is 0 Å². The lowest BCUT2D eigenvalue weighted by Crippen LogP contribution is -2.32. The van der Waals surface area contributed by atoms with Crippen LogP contribution in [0.4, 0.5) is 0 Å². The SMILES string of the molecule is Cn1nc(C2CCCC2)nc1C(C)(C)N. The molecule has 0 unspecified atom stereocenters. The normalized spacial score (nSPS) is 18.7. The minimum atomic E-state index is -0.404. The molecular formula is C11H20N4. The van der Waals surface area contributed by atoms with Gasteiger partial charge in [-0.15, -0.1) is 0 Å². The highest BCUT2D eigenvalue weighted by molar-refractivity contribution is 5.07. The molecule has 2 rings (SSSR count). The zero-order valence-corrected chi connectivity index (χ0v) is 9.82. The zero-order valence-electron chi connectivity index (χ0n) is 9.82. The molecule has 0 spiro atoms. The van der Waals surface area contributed by atoms with Crippen LogP contribution in [-0.4, -0.2) is 14.8 Å². The lowest BCUT2D eigenvalue weighted by Gasteiger charge is -2.16. The Morgan fingerprint density at radius 1 is 1.33 bits per heavy atom. The van der Waals surface area contributed by atoms with Gasteiger partial charge in [-0.05, 0) is 26.7 Å². The van der Waals surface area contributed by atoms with Gasteiger partial charge in [0.15, 0.2) is 5.82 Å². The summed E-state index contributed by atoms with van der Waals surface area (Å²) in [7, 11) is 1.93. The number of nitrogens with zero attached hydrogens (tertiary/aromatic N) is 3. The number of nitrogens with two attached hydrogens (primary N) is 1. The third kappa shape index (κ3) is 2.04. The quantitative estimate of drug-likeness (QED) is 0.804. The molecule has 1 aliphatic carbocycles. The van der Waals surface area contributed by atoms with E-state index >= 15 is 0 Å². The molecule has 0 amide bonds. The van der Waals surface area contributed by atoms with Crippen LogP contribution in [0, 0.1) is 0 Å². The van der Waals surface area contributed by atoms with Crippen LogP contribution in [0.3, 0.4) is 0 Å². The lowest BCUT2D eigenvalue weighted by atomic mass is 10.1. The Morgan fingerprint density at radius 3 is 2.40 bits per heavy atom. The molecule has 1 aromatic rings. The average molecular weight is 208 g/mol. The van der Waals surface area contributed by atoms with Crippen LogP contribution in [0.15, 0.2) is 0 Å². The van der Waals surface area contributed by atoms with Gasteiger partial charge in [0.05, 0.1) is 5.54 Å². The molecule has 4 heteroatoms. The Kier molecular flexibility index (Phi) is 2.54. The highest BCUT2D eigenvalue weighted by Crippen LogP contribution is 2.32. The summed E-state index contributed by atoms with van der Waals surface area (Å²) < 4.78 is 1.83. The van der Waals surface area contributed by atoms with E-state index in [0.717, 1.165) is 11.6 Å². The highest BCUT2D eigenvalue weighted by Gasteiger charge is 2.26. The fraction of sp³-hybridized carbons (Fsp3) is 0.818. The minimum Gasteiger partial charge on any atom is -0.319 e. The maximum absolute atomic E-state index is 6.05. The van der Waals surface area contributed by atoms with Gasteiger partial charge in [0, 0.05) is 13.0 Å². The molecule has 84 valence electrons. The lowest BCUT2D eigenvalue weighted by molar-refractivity contribution is 0.481. The first kappa shape index (κ1) is 10.6. The van der Waals surface area contributed by atoms with Crippen molar-refractivity contribution in [1.29, 1.82) is 0 Å². The number of aryl methyl sites for hydroxylation is 1. The van der Waals surface area contributed by atoms with Crippen LogP contribution in [-0.2, 0) is 12.6 Å². The Balaban J connectivity index is 2.28. The molecule has 1 aromatic heterocycles. The van der Waals surface area contributed by atoms with Crippen molar-refractivity contribution in [3.63, 3.8) is 0 Å². The molecule has 1 fully saturated rings. The van der Waals surface area contributed by atoms with Gasteiger partial charge in [-0.25, -0.2) is 4.98 Å². The van der Waals surface area contributed by atoms with Gasteiger partial charge in [0.1, 0.15) is 5.82 Å². The van der Waals surface area contributed by atoms with Crippen molar-refractivity contribution < 1.29 is 0 Å². The fourth-order valence-corrected chi connectivity index (χ4v) is 2.32. The van der Waals surface area contributed by atoms with Crippen molar-refractivity contribution >= 4 is 0 Å². The van der Waals surface area contributed by atoms with Gasteiger partial charge < -0.3 is 5.73 Å². The van der Waals surface area contributed by atoms with E-state index < -0.39 is 5.54 Å². The fourth-order valence-electron chi connectivity index (χ4n) is 2.32. The van der Waals surface area contributed by atoms with E-state index in [0.29, 0.717) is 5.92 Å². The van der Waals surface area contributed by atoms with Gasteiger partial charge >= 0.3 is 0 Å². The monoisotopic (exact) mass is 208 g/mol. The van der Waals surface area contributed by atoms with E-state index in [4.69, 9.17) is 5.73 Å². The first-order valence-corrected chi connectivity index (χ1v) is 5.69. The largest absolute Gasteiger partial charge is 0.319 e. The van der Waals surface area contributed by atoms with Crippen molar-refractivity contribution in [3.8, 4) is 0 Å². The molecule has 2 N–H and O–H groups in total. The minimum absolute atomic E-state index is 0.404. The van der Waals surface area contributed by atoms with Crippen molar-refractivity contribution in [2.75, 3.05) is 0 Å². The topological polar surface area (TPSA) is 56.7 Å². The third-order valence-electron chi connectivity index (χ3n) is 3.08. The molecule has 0 aliphatic heterocycles. The second kappa shape index (κ2) is 3.59. The predicted molar refractivity (Wildman–Crippen MR) is 59.4 cm³/mol. The number of aromatic nitrogens is 3.